The molecule has 0 spiro atoms. The van der Waals surface area contributed by atoms with Gasteiger partial charge < -0.3 is 21.3 Å². The van der Waals surface area contributed by atoms with Crippen molar-refractivity contribution in [3.8, 4) is 0 Å². The van der Waals surface area contributed by atoms with Crippen molar-refractivity contribution in [1.29, 1.82) is 0 Å². The molecule has 0 saturated heterocycles. The summed E-state index contributed by atoms with van der Waals surface area (Å²) in [5.41, 5.74) is 5.19. The summed E-state index contributed by atoms with van der Waals surface area (Å²) in [6.45, 7) is 0.496. The molecular formula is C12H17N5O4. The quantitative estimate of drug-likeness (QED) is 0.396. The number of nitrogens with zero attached hydrogens (tertiary/aromatic N) is 2. The largest absolute Gasteiger partial charge is 0.378 e. The second-order valence-electron chi connectivity index (χ2n) is 4.41. The minimum Gasteiger partial charge on any atom is -0.378 e. The maximum absolute atomic E-state index is 11.8. The second-order valence-corrected chi connectivity index (χ2v) is 4.41. The fourth-order valence-electron chi connectivity index (χ4n) is 1.61. The van der Waals surface area contributed by atoms with E-state index in [2.05, 4.69) is 10.6 Å². The molecule has 1 rings (SSSR count). The van der Waals surface area contributed by atoms with Crippen molar-refractivity contribution in [1.82, 2.24) is 10.2 Å². The number of rotatable bonds is 6. The second kappa shape index (κ2) is 7.08. The number of nitrogens with one attached hydrogen (secondary N) is 2. The summed E-state index contributed by atoms with van der Waals surface area (Å²) < 4.78 is 0. The van der Waals surface area contributed by atoms with E-state index in [0.29, 0.717) is 0 Å². The maximum Gasteiger partial charge on any atom is 0.312 e. The molecule has 21 heavy (non-hydrogen) atoms. The minimum absolute atomic E-state index is 0.207. The lowest BCUT2D eigenvalue weighted by molar-refractivity contribution is -0.384. The zero-order valence-corrected chi connectivity index (χ0v) is 11.8. The van der Waals surface area contributed by atoms with E-state index in [1.807, 2.05) is 0 Å². The number of nitrogens with two attached hydrogens (primary N) is 1. The smallest absolute Gasteiger partial charge is 0.312 e. The Labute approximate surface area is 121 Å². The maximum atomic E-state index is 11.8. The van der Waals surface area contributed by atoms with Gasteiger partial charge >= 0.3 is 6.03 Å². The van der Waals surface area contributed by atoms with E-state index in [-0.39, 0.29) is 35.9 Å². The fourth-order valence-corrected chi connectivity index (χ4v) is 1.61. The Kier molecular flexibility index (Phi) is 5.47. The van der Waals surface area contributed by atoms with E-state index in [1.54, 1.807) is 14.1 Å². The first-order chi connectivity index (χ1) is 9.82. The predicted molar refractivity (Wildman–Crippen MR) is 77.2 cm³/mol. The van der Waals surface area contributed by atoms with Crippen molar-refractivity contribution in [3.05, 3.63) is 33.9 Å². The first kappa shape index (κ1) is 16.2. The average Bonchev–Trinajstić information content (AvgIpc) is 2.42. The molecule has 0 aliphatic carbocycles. The summed E-state index contributed by atoms with van der Waals surface area (Å²) in [5.74, 6) is -0.319. The number of benzene rings is 1. The number of carbonyl (C=O) groups excluding carboxylic acids is 2. The summed E-state index contributed by atoms with van der Waals surface area (Å²) in [6, 6.07) is 3.50. The lowest BCUT2D eigenvalue weighted by atomic mass is 10.1. The third-order valence-corrected chi connectivity index (χ3v) is 2.59. The molecule has 1 aromatic carbocycles. The zero-order chi connectivity index (χ0) is 16.0. The molecule has 0 saturated carbocycles. The zero-order valence-electron chi connectivity index (χ0n) is 11.8. The van der Waals surface area contributed by atoms with Gasteiger partial charge in [-0.2, -0.15) is 0 Å². The Morgan fingerprint density at radius 2 is 2.00 bits per heavy atom. The van der Waals surface area contributed by atoms with Gasteiger partial charge in [-0.25, -0.2) is 4.79 Å². The van der Waals surface area contributed by atoms with Gasteiger partial charge in [0.25, 0.3) is 11.6 Å². The SMILES string of the molecule is CN(C)C(=O)c1ccc(NCCNC(N)=O)c([N+](=O)[O-])c1. The number of hydrogen-bond donors (Lipinski definition) is 3. The summed E-state index contributed by atoms with van der Waals surface area (Å²) in [7, 11) is 3.13. The lowest BCUT2D eigenvalue weighted by Crippen LogP contribution is -2.33. The number of carbonyl (C=O) groups is 2. The monoisotopic (exact) mass is 295 g/mol. The topological polar surface area (TPSA) is 131 Å². The van der Waals surface area contributed by atoms with Crippen LogP contribution in [0.3, 0.4) is 0 Å². The van der Waals surface area contributed by atoms with Crippen LogP contribution in [0.2, 0.25) is 0 Å². The number of anilines is 1. The van der Waals surface area contributed by atoms with Gasteiger partial charge in [-0.05, 0) is 12.1 Å². The predicted octanol–water partition coefficient (Wildman–Crippen LogP) is 0.377. The molecule has 9 heteroatoms. The molecule has 0 atom stereocenters. The fraction of sp³-hybridized carbons (Fsp3) is 0.333. The van der Waals surface area contributed by atoms with Crippen LogP contribution in [-0.2, 0) is 0 Å². The van der Waals surface area contributed by atoms with Crippen molar-refractivity contribution in [2.24, 2.45) is 5.73 Å². The molecule has 0 heterocycles. The van der Waals surface area contributed by atoms with Crippen molar-refractivity contribution in [3.63, 3.8) is 0 Å². The van der Waals surface area contributed by atoms with Crippen LogP contribution in [0.4, 0.5) is 16.2 Å². The molecule has 4 N–H and O–H groups in total. The van der Waals surface area contributed by atoms with Crippen LogP contribution in [0.5, 0.6) is 0 Å². The van der Waals surface area contributed by atoms with Crippen LogP contribution in [0.15, 0.2) is 18.2 Å². The lowest BCUT2D eigenvalue weighted by Gasteiger charge is -2.12. The highest BCUT2D eigenvalue weighted by molar-refractivity contribution is 5.95. The number of amides is 3. The molecule has 0 unspecified atom stereocenters. The van der Waals surface area contributed by atoms with Gasteiger partial charge in [-0.3, -0.25) is 14.9 Å². The van der Waals surface area contributed by atoms with Gasteiger partial charge in [-0.1, -0.05) is 0 Å². The number of nitro groups is 1. The molecule has 0 aliphatic heterocycles. The number of primary amides is 1. The van der Waals surface area contributed by atoms with Gasteiger partial charge in [0.2, 0.25) is 0 Å². The molecule has 3 amide bonds. The van der Waals surface area contributed by atoms with Crippen LogP contribution < -0.4 is 16.4 Å². The van der Waals surface area contributed by atoms with E-state index < -0.39 is 11.0 Å². The Balaban J connectivity index is 2.87. The molecule has 0 aromatic heterocycles. The molecule has 0 aliphatic rings. The highest BCUT2D eigenvalue weighted by Gasteiger charge is 2.18. The molecule has 114 valence electrons. The van der Waals surface area contributed by atoms with E-state index in [1.165, 1.54) is 23.1 Å². The van der Waals surface area contributed by atoms with Crippen LogP contribution in [0.1, 0.15) is 10.4 Å². The molecule has 1 aromatic rings. The highest BCUT2D eigenvalue weighted by Crippen LogP contribution is 2.25. The molecule has 9 nitrogen and oxygen atoms in total. The first-order valence-electron chi connectivity index (χ1n) is 6.10. The normalized spacial score (nSPS) is 9.81. The van der Waals surface area contributed by atoms with E-state index in [9.17, 15) is 19.7 Å². The standard InChI is InChI=1S/C12H17N5O4/c1-16(2)11(18)8-3-4-9(10(7-8)17(20)21)14-5-6-15-12(13)19/h3-4,7,14H,5-6H2,1-2H3,(H3,13,15,19). The average molecular weight is 295 g/mol. The van der Waals surface area contributed by atoms with Gasteiger partial charge in [0, 0.05) is 38.8 Å². The van der Waals surface area contributed by atoms with Crippen LogP contribution in [-0.4, -0.2) is 48.9 Å². The molecular weight excluding hydrogens is 278 g/mol. The number of urea groups is 1. The van der Waals surface area contributed by atoms with Crippen LogP contribution >= 0.6 is 0 Å². The van der Waals surface area contributed by atoms with E-state index >= 15 is 0 Å². The summed E-state index contributed by atoms with van der Waals surface area (Å²) in [5, 5.41) is 16.2. The summed E-state index contributed by atoms with van der Waals surface area (Å²) >= 11 is 0. The van der Waals surface area contributed by atoms with E-state index in [4.69, 9.17) is 5.73 Å². The van der Waals surface area contributed by atoms with Crippen LogP contribution in [0.25, 0.3) is 0 Å². The molecule has 0 radical (unpaired) electrons. The van der Waals surface area contributed by atoms with Gasteiger partial charge in [0.05, 0.1) is 4.92 Å². The minimum atomic E-state index is -0.668. The van der Waals surface area contributed by atoms with Crippen LogP contribution in [0, 0.1) is 10.1 Å². The third-order valence-electron chi connectivity index (χ3n) is 2.59. The third kappa shape index (κ3) is 4.64. The number of nitro benzene ring substituents is 1. The Morgan fingerprint density at radius 1 is 1.33 bits per heavy atom. The van der Waals surface area contributed by atoms with Crippen molar-refractivity contribution >= 4 is 23.3 Å². The summed E-state index contributed by atoms with van der Waals surface area (Å²) in [6.07, 6.45) is 0. The van der Waals surface area contributed by atoms with Crippen molar-refractivity contribution in [2.45, 2.75) is 0 Å². The van der Waals surface area contributed by atoms with E-state index in [0.717, 1.165) is 0 Å². The summed E-state index contributed by atoms with van der Waals surface area (Å²) in [4.78, 5) is 34.1. The Bertz CT molecular complexity index is 559. The van der Waals surface area contributed by atoms with Gasteiger partial charge in [-0.15, -0.1) is 0 Å². The van der Waals surface area contributed by atoms with Crippen molar-refractivity contribution in [2.75, 3.05) is 32.5 Å². The Hall–Kier alpha value is -2.84. The van der Waals surface area contributed by atoms with Gasteiger partial charge in [0.1, 0.15) is 5.69 Å². The molecule has 0 bridgehead atoms. The highest BCUT2D eigenvalue weighted by atomic mass is 16.6. The molecule has 0 fully saturated rings. The Morgan fingerprint density at radius 3 is 2.52 bits per heavy atom. The van der Waals surface area contributed by atoms with Crippen molar-refractivity contribution < 1.29 is 14.5 Å². The first-order valence-corrected chi connectivity index (χ1v) is 6.10. The van der Waals surface area contributed by atoms with Gasteiger partial charge in [0.15, 0.2) is 0 Å². The number of hydrogen-bond acceptors (Lipinski definition) is 5.